The van der Waals surface area contributed by atoms with Crippen molar-refractivity contribution in [3.05, 3.63) is 0 Å². The lowest BCUT2D eigenvalue weighted by atomic mass is 10.1. The standard InChI is InChI=1S/C14H30O2Si/c1-5-6-9-13(2)12-17(15-3,16-4)14-10-7-8-11-14/h13-14H,5-12H2,1-4H3. The van der Waals surface area contributed by atoms with Crippen molar-refractivity contribution >= 4 is 8.56 Å². The van der Waals surface area contributed by atoms with Crippen LogP contribution in [0.4, 0.5) is 0 Å². The molecule has 0 radical (unpaired) electrons. The first-order valence-electron chi connectivity index (χ1n) is 7.28. The van der Waals surface area contributed by atoms with Crippen LogP contribution in [-0.4, -0.2) is 22.8 Å². The molecule has 1 unspecified atom stereocenters. The summed E-state index contributed by atoms with van der Waals surface area (Å²) in [5.41, 5.74) is 0.738. The fourth-order valence-corrected chi connectivity index (χ4v) is 7.22. The van der Waals surface area contributed by atoms with E-state index in [9.17, 15) is 0 Å². The molecule has 0 aromatic heterocycles. The van der Waals surface area contributed by atoms with Gasteiger partial charge in [0.25, 0.3) is 0 Å². The van der Waals surface area contributed by atoms with Gasteiger partial charge in [-0.1, -0.05) is 46.0 Å². The lowest BCUT2D eigenvalue weighted by molar-refractivity contribution is 0.220. The predicted octanol–water partition coefficient (Wildman–Crippen LogP) is 4.49. The van der Waals surface area contributed by atoms with E-state index >= 15 is 0 Å². The SMILES string of the molecule is CCCCC(C)C[Si](OC)(OC)C1CCCC1. The van der Waals surface area contributed by atoms with E-state index in [2.05, 4.69) is 13.8 Å². The molecule has 0 saturated heterocycles. The molecule has 0 bridgehead atoms. The molecule has 3 heteroatoms. The molecule has 17 heavy (non-hydrogen) atoms. The number of unbranched alkanes of at least 4 members (excludes halogenated alkanes) is 1. The largest absolute Gasteiger partial charge is 0.397 e. The van der Waals surface area contributed by atoms with Crippen LogP contribution < -0.4 is 0 Å². The Morgan fingerprint density at radius 3 is 2.24 bits per heavy atom. The molecule has 0 N–H and O–H groups in total. The zero-order valence-corrected chi connectivity index (χ0v) is 13.1. The van der Waals surface area contributed by atoms with Crippen LogP contribution in [0.25, 0.3) is 0 Å². The molecular weight excluding hydrogens is 228 g/mol. The van der Waals surface area contributed by atoms with Gasteiger partial charge in [0, 0.05) is 19.8 Å². The van der Waals surface area contributed by atoms with Crippen molar-refractivity contribution < 1.29 is 8.85 Å². The van der Waals surface area contributed by atoms with E-state index in [1.807, 2.05) is 14.2 Å². The summed E-state index contributed by atoms with van der Waals surface area (Å²) in [6, 6.07) is 1.19. The molecule has 0 aromatic rings. The van der Waals surface area contributed by atoms with Crippen molar-refractivity contribution in [2.45, 2.75) is 70.4 Å². The third kappa shape index (κ3) is 4.07. The van der Waals surface area contributed by atoms with E-state index in [4.69, 9.17) is 8.85 Å². The highest BCUT2D eigenvalue weighted by molar-refractivity contribution is 6.69. The van der Waals surface area contributed by atoms with Gasteiger partial charge in [0.05, 0.1) is 0 Å². The van der Waals surface area contributed by atoms with Crippen LogP contribution in [0, 0.1) is 5.92 Å². The second-order valence-corrected chi connectivity index (χ2v) is 9.32. The predicted molar refractivity (Wildman–Crippen MR) is 75.5 cm³/mol. The van der Waals surface area contributed by atoms with Crippen LogP contribution in [0.15, 0.2) is 0 Å². The van der Waals surface area contributed by atoms with Crippen molar-refractivity contribution in [1.82, 2.24) is 0 Å². The molecule has 1 atom stereocenters. The maximum Gasteiger partial charge on any atom is 0.341 e. The van der Waals surface area contributed by atoms with Crippen molar-refractivity contribution in [2.24, 2.45) is 5.92 Å². The van der Waals surface area contributed by atoms with E-state index in [1.54, 1.807) is 0 Å². The molecule has 1 aliphatic rings. The highest BCUT2D eigenvalue weighted by atomic mass is 28.4. The van der Waals surface area contributed by atoms with Gasteiger partial charge in [-0.25, -0.2) is 0 Å². The molecule has 1 aliphatic carbocycles. The average Bonchev–Trinajstić information content (AvgIpc) is 2.88. The molecule has 2 nitrogen and oxygen atoms in total. The Bertz CT molecular complexity index is 198. The van der Waals surface area contributed by atoms with Crippen LogP contribution in [0.2, 0.25) is 11.6 Å². The molecule has 0 aliphatic heterocycles. The summed E-state index contributed by atoms with van der Waals surface area (Å²) in [4.78, 5) is 0. The minimum Gasteiger partial charge on any atom is -0.397 e. The van der Waals surface area contributed by atoms with E-state index in [0.717, 1.165) is 11.5 Å². The van der Waals surface area contributed by atoms with E-state index < -0.39 is 8.56 Å². The lowest BCUT2D eigenvalue weighted by Crippen LogP contribution is -2.45. The Balaban J connectivity index is 2.56. The van der Waals surface area contributed by atoms with Gasteiger partial charge in [0.2, 0.25) is 0 Å². The Labute approximate surface area is 108 Å². The smallest absolute Gasteiger partial charge is 0.341 e. The zero-order valence-electron chi connectivity index (χ0n) is 12.1. The lowest BCUT2D eigenvalue weighted by Gasteiger charge is -2.35. The van der Waals surface area contributed by atoms with Gasteiger partial charge in [-0.05, 0) is 24.8 Å². The first kappa shape index (κ1) is 15.2. The quantitative estimate of drug-likeness (QED) is 0.597. The maximum atomic E-state index is 5.94. The van der Waals surface area contributed by atoms with Gasteiger partial charge in [-0.15, -0.1) is 0 Å². The monoisotopic (exact) mass is 258 g/mol. The number of hydrogen-bond donors (Lipinski definition) is 0. The summed E-state index contributed by atoms with van der Waals surface area (Å²) < 4.78 is 11.9. The normalized spacial score (nSPS) is 19.8. The Kier molecular flexibility index (Phi) is 6.74. The van der Waals surface area contributed by atoms with Crippen molar-refractivity contribution in [3.8, 4) is 0 Å². The third-order valence-electron chi connectivity index (χ3n) is 4.35. The molecule has 0 spiro atoms. The van der Waals surface area contributed by atoms with Gasteiger partial charge in [0.15, 0.2) is 0 Å². The van der Waals surface area contributed by atoms with Crippen molar-refractivity contribution in [2.75, 3.05) is 14.2 Å². The Morgan fingerprint density at radius 1 is 1.18 bits per heavy atom. The fourth-order valence-electron chi connectivity index (χ4n) is 3.26. The molecule has 1 rings (SSSR count). The van der Waals surface area contributed by atoms with E-state index in [-0.39, 0.29) is 0 Å². The molecule has 1 saturated carbocycles. The van der Waals surface area contributed by atoms with Gasteiger partial charge >= 0.3 is 8.56 Å². The van der Waals surface area contributed by atoms with Gasteiger partial charge < -0.3 is 8.85 Å². The van der Waals surface area contributed by atoms with Crippen LogP contribution in [0.1, 0.15) is 58.8 Å². The molecule has 0 aromatic carbocycles. The number of rotatable bonds is 8. The van der Waals surface area contributed by atoms with E-state index in [1.165, 1.54) is 51.0 Å². The first-order chi connectivity index (χ1) is 8.18. The van der Waals surface area contributed by atoms with Gasteiger partial charge in [-0.3, -0.25) is 0 Å². The minimum absolute atomic E-state index is 0.738. The highest BCUT2D eigenvalue weighted by Crippen LogP contribution is 2.42. The first-order valence-corrected chi connectivity index (χ1v) is 9.39. The average molecular weight is 258 g/mol. The second-order valence-electron chi connectivity index (χ2n) is 5.65. The zero-order chi connectivity index (χ0) is 12.7. The van der Waals surface area contributed by atoms with Crippen LogP contribution in [-0.2, 0) is 8.85 Å². The summed E-state index contributed by atoms with van der Waals surface area (Å²) in [6.45, 7) is 4.63. The van der Waals surface area contributed by atoms with Crippen LogP contribution in [0.5, 0.6) is 0 Å². The number of hydrogen-bond acceptors (Lipinski definition) is 2. The van der Waals surface area contributed by atoms with E-state index in [0.29, 0.717) is 0 Å². The Hall–Kier alpha value is 0.137. The van der Waals surface area contributed by atoms with Crippen molar-refractivity contribution in [3.63, 3.8) is 0 Å². The second kappa shape index (κ2) is 7.55. The van der Waals surface area contributed by atoms with Crippen LogP contribution in [0.3, 0.4) is 0 Å². The summed E-state index contributed by atoms with van der Waals surface area (Å²) in [5, 5.41) is 0. The molecular formula is C14H30O2Si. The molecule has 0 amide bonds. The fraction of sp³-hybridized carbons (Fsp3) is 1.00. The van der Waals surface area contributed by atoms with Crippen molar-refractivity contribution in [1.29, 1.82) is 0 Å². The Morgan fingerprint density at radius 2 is 1.76 bits per heavy atom. The topological polar surface area (TPSA) is 18.5 Å². The highest BCUT2D eigenvalue weighted by Gasteiger charge is 2.46. The van der Waals surface area contributed by atoms with Gasteiger partial charge in [0.1, 0.15) is 0 Å². The maximum absolute atomic E-state index is 5.94. The molecule has 102 valence electrons. The summed E-state index contributed by atoms with van der Waals surface area (Å²) in [6.07, 6.45) is 9.35. The third-order valence-corrected chi connectivity index (χ3v) is 8.82. The molecule has 1 fully saturated rings. The minimum atomic E-state index is -1.92. The summed E-state index contributed by atoms with van der Waals surface area (Å²) >= 11 is 0. The molecule has 0 heterocycles. The summed E-state index contributed by atoms with van der Waals surface area (Å²) in [5.74, 6) is 0.752. The van der Waals surface area contributed by atoms with Crippen LogP contribution >= 0.6 is 0 Å². The van der Waals surface area contributed by atoms with Gasteiger partial charge in [-0.2, -0.15) is 0 Å². The summed E-state index contributed by atoms with van der Waals surface area (Å²) in [7, 11) is 1.83.